The van der Waals surface area contributed by atoms with Crippen LogP contribution in [0.25, 0.3) is 10.9 Å². The lowest BCUT2D eigenvalue weighted by molar-refractivity contribution is -0.384. The van der Waals surface area contributed by atoms with Crippen LogP contribution in [0, 0.1) is 10.1 Å². The number of carbonyl (C=O) groups is 1. The Hall–Kier alpha value is -3.55. The van der Waals surface area contributed by atoms with E-state index in [0.29, 0.717) is 36.2 Å². The summed E-state index contributed by atoms with van der Waals surface area (Å²) < 4.78 is 1.64. The Bertz CT molecular complexity index is 1170. The molecule has 0 N–H and O–H groups in total. The van der Waals surface area contributed by atoms with Gasteiger partial charge in [-0.2, -0.15) is 0 Å². The van der Waals surface area contributed by atoms with Crippen molar-refractivity contribution in [2.45, 2.75) is 46.2 Å². The Kier molecular flexibility index (Phi) is 6.79. The van der Waals surface area contributed by atoms with Crippen LogP contribution >= 0.6 is 0 Å². The SMILES string of the molecule is CCCN(C(=O)c1cccc([N+](=O)[O-])c1)C(C)c1nc2ccccc2c(=O)n1CCC. The minimum absolute atomic E-state index is 0.131. The molecule has 0 aliphatic rings. The molecule has 3 rings (SSSR count). The third kappa shape index (κ3) is 4.47. The number of hydrogen-bond donors (Lipinski definition) is 0. The molecule has 0 saturated heterocycles. The van der Waals surface area contributed by atoms with Crippen molar-refractivity contribution < 1.29 is 9.72 Å². The highest BCUT2D eigenvalue weighted by Crippen LogP contribution is 2.24. The molecule has 1 unspecified atom stereocenters. The van der Waals surface area contributed by atoms with Crippen molar-refractivity contribution >= 4 is 22.5 Å². The Balaban J connectivity index is 2.10. The van der Waals surface area contributed by atoms with Crippen LogP contribution in [0.1, 0.15) is 55.8 Å². The van der Waals surface area contributed by atoms with Crippen LogP contribution < -0.4 is 5.56 Å². The summed E-state index contributed by atoms with van der Waals surface area (Å²) in [6.07, 6.45) is 1.43. The number of nitrogens with zero attached hydrogens (tertiary/aromatic N) is 4. The van der Waals surface area contributed by atoms with Gasteiger partial charge in [-0.25, -0.2) is 4.98 Å². The van der Waals surface area contributed by atoms with Gasteiger partial charge in [-0.15, -0.1) is 0 Å². The van der Waals surface area contributed by atoms with E-state index in [0.717, 1.165) is 6.42 Å². The number of hydrogen-bond acceptors (Lipinski definition) is 5. The number of fused-ring (bicyclic) bond motifs is 1. The Morgan fingerprint density at radius 3 is 2.58 bits per heavy atom. The van der Waals surface area contributed by atoms with Crippen LogP contribution in [-0.2, 0) is 6.54 Å². The average molecular weight is 422 g/mol. The van der Waals surface area contributed by atoms with Crippen molar-refractivity contribution in [2.24, 2.45) is 0 Å². The summed E-state index contributed by atoms with van der Waals surface area (Å²) in [6.45, 7) is 6.69. The summed E-state index contributed by atoms with van der Waals surface area (Å²) in [4.78, 5) is 43.4. The summed E-state index contributed by atoms with van der Waals surface area (Å²) in [5.41, 5.74) is 0.552. The minimum atomic E-state index is -0.520. The summed E-state index contributed by atoms with van der Waals surface area (Å²) in [7, 11) is 0. The second-order valence-electron chi connectivity index (χ2n) is 7.43. The van der Waals surface area contributed by atoms with Crippen LogP contribution in [0.4, 0.5) is 5.69 Å². The summed E-state index contributed by atoms with van der Waals surface area (Å²) >= 11 is 0. The number of nitro benzene ring substituents is 1. The number of amides is 1. The van der Waals surface area contributed by atoms with Crippen molar-refractivity contribution in [1.29, 1.82) is 0 Å². The number of non-ortho nitro benzene ring substituents is 1. The van der Waals surface area contributed by atoms with Crippen molar-refractivity contribution in [3.8, 4) is 0 Å². The number of rotatable bonds is 8. The topological polar surface area (TPSA) is 98.3 Å². The van der Waals surface area contributed by atoms with Crippen molar-refractivity contribution in [1.82, 2.24) is 14.5 Å². The summed E-state index contributed by atoms with van der Waals surface area (Å²) in [5.74, 6) is 0.182. The molecular formula is C23H26N4O4. The van der Waals surface area contributed by atoms with E-state index in [1.54, 1.807) is 33.7 Å². The van der Waals surface area contributed by atoms with Crippen LogP contribution in [0.2, 0.25) is 0 Å². The monoisotopic (exact) mass is 422 g/mol. The zero-order valence-corrected chi connectivity index (χ0v) is 17.9. The van der Waals surface area contributed by atoms with Gasteiger partial charge in [0, 0.05) is 30.8 Å². The highest BCUT2D eigenvalue weighted by molar-refractivity contribution is 5.95. The average Bonchev–Trinajstić information content (AvgIpc) is 2.78. The first-order valence-corrected chi connectivity index (χ1v) is 10.4. The van der Waals surface area contributed by atoms with E-state index in [4.69, 9.17) is 4.98 Å². The third-order valence-corrected chi connectivity index (χ3v) is 5.21. The molecule has 1 atom stereocenters. The van der Waals surface area contributed by atoms with Crippen LogP contribution in [-0.4, -0.2) is 31.8 Å². The molecule has 0 bridgehead atoms. The molecule has 0 radical (unpaired) electrons. The normalized spacial score (nSPS) is 12.0. The fourth-order valence-electron chi connectivity index (χ4n) is 3.71. The molecule has 3 aromatic rings. The van der Waals surface area contributed by atoms with Crippen molar-refractivity contribution in [2.75, 3.05) is 6.54 Å². The van der Waals surface area contributed by atoms with Gasteiger partial charge in [0.15, 0.2) is 0 Å². The number of para-hydroxylation sites is 1. The van der Waals surface area contributed by atoms with Crippen LogP contribution in [0.15, 0.2) is 53.3 Å². The Morgan fingerprint density at radius 2 is 1.90 bits per heavy atom. The maximum Gasteiger partial charge on any atom is 0.270 e. The lowest BCUT2D eigenvalue weighted by Crippen LogP contribution is -2.38. The molecule has 0 fully saturated rings. The number of aromatic nitrogens is 2. The minimum Gasteiger partial charge on any atom is -0.329 e. The zero-order chi connectivity index (χ0) is 22.5. The van der Waals surface area contributed by atoms with E-state index in [1.807, 2.05) is 26.8 Å². The van der Waals surface area contributed by atoms with Gasteiger partial charge in [-0.3, -0.25) is 24.3 Å². The molecule has 0 spiro atoms. The number of carbonyl (C=O) groups excluding carboxylic acids is 1. The van der Waals surface area contributed by atoms with E-state index in [2.05, 4.69) is 0 Å². The van der Waals surface area contributed by atoms with E-state index in [9.17, 15) is 19.7 Å². The second-order valence-corrected chi connectivity index (χ2v) is 7.43. The first-order chi connectivity index (χ1) is 14.9. The Labute approximate surface area is 180 Å². The third-order valence-electron chi connectivity index (χ3n) is 5.21. The second kappa shape index (κ2) is 9.51. The van der Waals surface area contributed by atoms with Gasteiger partial charge in [-0.05, 0) is 38.0 Å². The molecule has 162 valence electrons. The fourth-order valence-corrected chi connectivity index (χ4v) is 3.71. The van der Waals surface area contributed by atoms with Gasteiger partial charge in [0.25, 0.3) is 17.2 Å². The van der Waals surface area contributed by atoms with Gasteiger partial charge in [-0.1, -0.05) is 32.0 Å². The highest BCUT2D eigenvalue weighted by Gasteiger charge is 2.27. The first kappa shape index (κ1) is 22.1. The molecular weight excluding hydrogens is 396 g/mol. The maximum absolute atomic E-state index is 13.3. The summed E-state index contributed by atoms with van der Waals surface area (Å²) in [5, 5.41) is 11.7. The van der Waals surface area contributed by atoms with E-state index >= 15 is 0 Å². The predicted octanol–water partition coefficient (Wildman–Crippen LogP) is 4.33. The number of nitro groups is 1. The molecule has 0 aliphatic carbocycles. The van der Waals surface area contributed by atoms with E-state index in [1.165, 1.54) is 18.2 Å². The molecule has 1 heterocycles. The molecule has 31 heavy (non-hydrogen) atoms. The summed E-state index contributed by atoms with van der Waals surface area (Å²) in [6, 6.07) is 12.4. The lowest BCUT2D eigenvalue weighted by Gasteiger charge is -2.30. The van der Waals surface area contributed by atoms with Gasteiger partial charge < -0.3 is 4.90 Å². The number of benzene rings is 2. The predicted molar refractivity (Wildman–Crippen MR) is 119 cm³/mol. The van der Waals surface area contributed by atoms with Gasteiger partial charge in [0.2, 0.25) is 0 Å². The van der Waals surface area contributed by atoms with Crippen LogP contribution in [0.3, 0.4) is 0 Å². The molecule has 8 nitrogen and oxygen atoms in total. The molecule has 2 aromatic carbocycles. The molecule has 0 aliphatic heterocycles. The molecule has 1 aromatic heterocycles. The smallest absolute Gasteiger partial charge is 0.270 e. The fraction of sp³-hybridized carbons (Fsp3) is 0.348. The first-order valence-electron chi connectivity index (χ1n) is 10.4. The zero-order valence-electron chi connectivity index (χ0n) is 17.9. The van der Waals surface area contributed by atoms with Crippen LogP contribution in [0.5, 0.6) is 0 Å². The quantitative estimate of drug-likeness (QED) is 0.397. The molecule has 1 amide bonds. The van der Waals surface area contributed by atoms with Crippen molar-refractivity contribution in [3.63, 3.8) is 0 Å². The highest BCUT2D eigenvalue weighted by atomic mass is 16.6. The van der Waals surface area contributed by atoms with Gasteiger partial charge in [0.1, 0.15) is 5.82 Å². The van der Waals surface area contributed by atoms with E-state index < -0.39 is 11.0 Å². The lowest BCUT2D eigenvalue weighted by atomic mass is 10.1. The molecule has 8 heteroatoms. The Morgan fingerprint density at radius 1 is 1.16 bits per heavy atom. The van der Waals surface area contributed by atoms with Crippen molar-refractivity contribution in [3.05, 3.63) is 80.4 Å². The van der Waals surface area contributed by atoms with Gasteiger partial charge in [0.05, 0.1) is 21.9 Å². The van der Waals surface area contributed by atoms with E-state index in [-0.39, 0.29) is 22.7 Å². The van der Waals surface area contributed by atoms with Gasteiger partial charge >= 0.3 is 0 Å². The standard InChI is InChI=1S/C23H26N4O4/c1-4-13-25(22(28)17-9-8-10-18(15-17)27(30)31)16(3)21-24-20-12-7-6-11-19(20)23(29)26(21)14-5-2/h6-12,15-16H,4-5,13-14H2,1-3H3. The maximum atomic E-state index is 13.3. The largest absolute Gasteiger partial charge is 0.329 e. The molecule has 0 saturated carbocycles.